The Kier molecular flexibility index (Phi) is 9.74. The second-order valence-electron chi connectivity index (χ2n) is 8.50. The number of azo groups is 1. The molecule has 17 heteroatoms. The molecule has 0 aliphatic rings. The predicted molar refractivity (Wildman–Crippen MR) is 155 cm³/mol. The zero-order valence-electron chi connectivity index (χ0n) is 21.7. The van der Waals surface area contributed by atoms with E-state index in [0.717, 1.165) is 17.7 Å². The van der Waals surface area contributed by atoms with Crippen molar-refractivity contribution in [1.29, 1.82) is 0 Å². The van der Waals surface area contributed by atoms with E-state index >= 15 is 0 Å². The first kappa shape index (κ1) is 30.8. The lowest BCUT2D eigenvalue weighted by atomic mass is 10.1. The number of amides is 1. The molecule has 1 amide bonds. The van der Waals surface area contributed by atoms with Crippen molar-refractivity contribution in [2.45, 2.75) is 23.6 Å². The van der Waals surface area contributed by atoms with Gasteiger partial charge in [-0.05, 0) is 66.9 Å². The fraction of sp³-hybridized carbons (Fsp3) is 0.0800. The Morgan fingerprint density at radius 1 is 1.02 bits per heavy atom. The van der Waals surface area contributed by atoms with Crippen LogP contribution in [-0.4, -0.2) is 33.5 Å². The van der Waals surface area contributed by atoms with Gasteiger partial charge in [-0.1, -0.05) is 22.7 Å². The molecule has 5 N–H and O–H groups in total. The molecule has 0 aromatic heterocycles. The Balaban J connectivity index is 1.81. The number of nitrogens with one attached hydrogen (secondary N) is 2. The van der Waals surface area contributed by atoms with Crippen molar-refractivity contribution in [2.24, 2.45) is 10.2 Å². The molecule has 0 heterocycles. The van der Waals surface area contributed by atoms with Gasteiger partial charge in [0.2, 0.25) is 5.91 Å². The number of aromatic hydroxyl groups is 1. The number of phenols is 1. The minimum absolute atomic E-state index is 0.00290. The van der Waals surface area contributed by atoms with Gasteiger partial charge in [-0.3, -0.25) is 14.1 Å². The zero-order chi connectivity index (χ0) is 30.4. The van der Waals surface area contributed by atoms with Gasteiger partial charge in [0.05, 0.1) is 38.6 Å². The van der Waals surface area contributed by atoms with Crippen molar-refractivity contribution in [3.63, 3.8) is 0 Å². The summed E-state index contributed by atoms with van der Waals surface area (Å²) in [6.07, 6.45) is 0. The number of phenolic OH excluding ortho intramolecular Hbond substituents is 1. The first-order chi connectivity index (χ1) is 19.9. The molecule has 0 fully saturated rings. The molecule has 0 bridgehead atoms. The summed E-state index contributed by atoms with van der Waals surface area (Å²) in [6, 6.07) is 16.2. The SMILES string of the molecule is CC(=O)Nc1ccc(N=Nc2c(SOOO)cc3cc(S(=O)(=O)O)cc(NS(=O)Oc4ccc(C)cc4)c3c2O)cc1. The highest BCUT2D eigenvalue weighted by Crippen LogP contribution is 2.47. The van der Waals surface area contributed by atoms with Gasteiger partial charge in [0, 0.05) is 12.6 Å². The Morgan fingerprint density at radius 2 is 1.71 bits per heavy atom. The highest BCUT2D eigenvalue weighted by atomic mass is 32.2. The minimum atomic E-state index is -4.76. The second kappa shape index (κ2) is 13.3. The number of carbonyl (C=O) groups excluding carboxylic acids is 1. The van der Waals surface area contributed by atoms with Crippen molar-refractivity contribution < 1.29 is 45.9 Å². The van der Waals surface area contributed by atoms with Crippen LogP contribution in [0.4, 0.5) is 22.7 Å². The molecule has 42 heavy (non-hydrogen) atoms. The fourth-order valence-corrected chi connectivity index (χ4v) is 5.32. The van der Waals surface area contributed by atoms with E-state index in [1.807, 2.05) is 6.92 Å². The van der Waals surface area contributed by atoms with Crippen LogP contribution in [0.3, 0.4) is 0 Å². The molecule has 0 saturated heterocycles. The van der Waals surface area contributed by atoms with E-state index < -0.39 is 32.0 Å². The van der Waals surface area contributed by atoms with Crippen molar-refractivity contribution in [1.82, 2.24) is 0 Å². The van der Waals surface area contributed by atoms with Crippen LogP contribution in [0.15, 0.2) is 86.7 Å². The third kappa shape index (κ3) is 7.79. The summed E-state index contributed by atoms with van der Waals surface area (Å²) in [5, 5.41) is 34.4. The molecule has 220 valence electrons. The quantitative estimate of drug-likeness (QED) is 0.0427. The van der Waals surface area contributed by atoms with Gasteiger partial charge in [0.25, 0.3) is 10.1 Å². The molecule has 0 radical (unpaired) electrons. The van der Waals surface area contributed by atoms with Gasteiger partial charge >= 0.3 is 11.3 Å². The summed E-state index contributed by atoms with van der Waals surface area (Å²) in [5.41, 5.74) is 1.38. The summed E-state index contributed by atoms with van der Waals surface area (Å²) in [6.45, 7) is 3.22. The maximum Gasteiger partial charge on any atom is 0.316 e. The minimum Gasteiger partial charge on any atom is -0.505 e. The van der Waals surface area contributed by atoms with Crippen LogP contribution < -0.4 is 14.2 Å². The average Bonchev–Trinajstić information content (AvgIpc) is 2.92. The summed E-state index contributed by atoms with van der Waals surface area (Å²) >= 11 is -1.88. The van der Waals surface area contributed by atoms with Crippen molar-refractivity contribution in [2.75, 3.05) is 10.0 Å². The van der Waals surface area contributed by atoms with E-state index in [-0.39, 0.29) is 38.7 Å². The lowest BCUT2D eigenvalue weighted by Crippen LogP contribution is -2.12. The molecule has 0 spiro atoms. The average molecular weight is 635 g/mol. The monoisotopic (exact) mass is 634 g/mol. The number of nitrogens with zero attached hydrogens (tertiary/aromatic N) is 2. The van der Waals surface area contributed by atoms with Gasteiger partial charge in [0.1, 0.15) is 11.4 Å². The Bertz CT molecular complexity index is 1780. The van der Waals surface area contributed by atoms with E-state index in [1.165, 1.54) is 13.0 Å². The van der Waals surface area contributed by atoms with Gasteiger partial charge in [0.15, 0.2) is 5.75 Å². The van der Waals surface area contributed by atoms with Crippen LogP contribution >= 0.6 is 12.0 Å². The van der Waals surface area contributed by atoms with Gasteiger partial charge < -0.3 is 14.6 Å². The van der Waals surface area contributed by atoms with Crippen molar-refractivity contribution >= 4 is 72.9 Å². The summed E-state index contributed by atoms with van der Waals surface area (Å²) in [7, 11) is -4.76. The molecule has 1 unspecified atom stereocenters. The third-order valence-corrected chi connectivity index (χ3v) is 7.60. The third-order valence-electron chi connectivity index (χ3n) is 5.41. The van der Waals surface area contributed by atoms with Crippen LogP contribution in [0.5, 0.6) is 11.5 Å². The number of anilines is 2. The Morgan fingerprint density at radius 3 is 2.33 bits per heavy atom. The van der Waals surface area contributed by atoms with Crippen molar-refractivity contribution in [3.8, 4) is 11.5 Å². The molecule has 0 aliphatic heterocycles. The maximum absolute atomic E-state index is 12.8. The number of carbonyl (C=O) groups is 1. The first-order valence-corrected chi connectivity index (χ1v) is 14.9. The summed E-state index contributed by atoms with van der Waals surface area (Å²) < 4.78 is 58.9. The van der Waals surface area contributed by atoms with Gasteiger partial charge in [-0.25, -0.2) is 5.26 Å². The first-order valence-electron chi connectivity index (χ1n) is 11.6. The Labute approximate surface area is 245 Å². The van der Waals surface area contributed by atoms with E-state index in [0.29, 0.717) is 23.4 Å². The molecule has 0 saturated carbocycles. The number of rotatable bonds is 11. The largest absolute Gasteiger partial charge is 0.505 e. The molecule has 1 atom stereocenters. The predicted octanol–water partition coefficient (Wildman–Crippen LogP) is 5.97. The highest BCUT2D eigenvalue weighted by Gasteiger charge is 2.22. The second-order valence-corrected chi connectivity index (χ2v) is 11.5. The molecule has 14 nitrogen and oxygen atoms in total. The van der Waals surface area contributed by atoms with Crippen LogP contribution in [0.25, 0.3) is 10.8 Å². The van der Waals surface area contributed by atoms with E-state index in [9.17, 15) is 27.1 Å². The standard InChI is InChI=1S/C25H22N4O10S3/c1-14-3-9-19(10-4-14)37-41(33)29-21-13-20(42(34,35)36)11-16-12-22(40-39-38-32)24(25(31)23(16)21)28-27-18-7-5-17(6-8-18)26-15(2)30/h3-13,29,31-32H,1-2H3,(H,26,30)(H,34,35,36). The molecule has 4 aromatic rings. The van der Waals surface area contributed by atoms with Crippen LogP contribution in [0.2, 0.25) is 0 Å². The lowest BCUT2D eigenvalue weighted by molar-refractivity contribution is -0.432. The smallest absolute Gasteiger partial charge is 0.316 e. The van der Waals surface area contributed by atoms with Crippen molar-refractivity contribution in [3.05, 3.63) is 72.3 Å². The summed E-state index contributed by atoms with van der Waals surface area (Å²) in [5.74, 6) is -0.582. The number of hydrogen-bond donors (Lipinski definition) is 5. The molecular formula is C25H22N4O10S3. The molecular weight excluding hydrogens is 612 g/mol. The highest BCUT2D eigenvalue weighted by molar-refractivity contribution is 7.94. The van der Waals surface area contributed by atoms with Crippen LogP contribution in [0.1, 0.15) is 12.5 Å². The van der Waals surface area contributed by atoms with E-state index in [4.69, 9.17) is 9.44 Å². The molecule has 0 aliphatic carbocycles. The van der Waals surface area contributed by atoms with Crippen LogP contribution in [-0.2, 0) is 35.6 Å². The van der Waals surface area contributed by atoms with Gasteiger partial charge in [-0.2, -0.15) is 17.7 Å². The number of aryl methyl sites for hydroxylation is 1. The normalized spacial score (nSPS) is 12.4. The molecule has 4 aromatic carbocycles. The number of fused-ring (bicyclic) bond motifs is 1. The number of benzene rings is 4. The summed E-state index contributed by atoms with van der Waals surface area (Å²) in [4.78, 5) is 10.7. The van der Waals surface area contributed by atoms with E-state index in [1.54, 1.807) is 48.5 Å². The number of hydrogen-bond acceptors (Lipinski definition) is 12. The topological polar surface area (TPSA) is 205 Å². The Hall–Kier alpha value is -4.10. The van der Waals surface area contributed by atoms with Crippen LogP contribution in [0, 0.1) is 6.92 Å². The molecule has 4 rings (SSSR count). The van der Waals surface area contributed by atoms with Gasteiger partial charge in [-0.15, -0.1) is 9.45 Å². The fourth-order valence-electron chi connectivity index (χ4n) is 3.62. The maximum atomic E-state index is 12.8. The zero-order valence-corrected chi connectivity index (χ0v) is 24.1. The van der Waals surface area contributed by atoms with E-state index in [2.05, 4.69) is 29.6 Å². The lowest BCUT2D eigenvalue weighted by Gasteiger charge is -2.15.